The zero-order chi connectivity index (χ0) is 28.8. The van der Waals surface area contributed by atoms with Gasteiger partial charge in [0.1, 0.15) is 24.4 Å². The van der Waals surface area contributed by atoms with Gasteiger partial charge in [-0.1, -0.05) is 23.7 Å². The van der Waals surface area contributed by atoms with Gasteiger partial charge in [-0.15, -0.1) is 0 Å². The van der Waals surface area contributed by atoms with Gasteiger partial charge in [0.25, 0.3) is 0 Å². The Labute approximate surface area is 237 Å². The van der Waals surface area contributed by atoms with Gasteiger partial charge < -0.3 is 30.5 Å². The van der Waals surface area contributed by atoms with Crippen LogP contribution in [-0.4, -0.2) is 132 Å². The predicted octanol–water partition coefficient (Wildman–Crippen LogP) is -2.12. The second kappa shape index (κ2) is 11.5. The molecule has 0 aliphatic carbocycles. The van der Waals surface area contributed by atoms with Crippen molar-refractivity contribution in [2.75, 3.05) is 39.0 Å². The molecule has 3 amide bonds. The lowest BCUT2D eigenvalue weighted by Gasteiger charge is -2.40. The van der Waals surface area contributed by atoms with Crippen molar-refractivity contribution in [1.82, 2.24) is 24.7 Å². The van der Waals surface area contributed by atoms with Crippen molar-refractivity contribution in [3.8, 4) is 0 Å². The van der Waals surface area contributed by atoms with Crippen LogP contribution < -0.4 is 10.6 Å². The fourth-order valence-electron chi connectivity index (χ4n) is 6.05. The van der Waals surface area contributed by atoms with Crippen LogP contribution in [0.25, 0.3) is 0 Å². The molecule has 0 aromatic heterocycles. The largest absolute Gasteiger partial charge is 0.388 e. The fourth-order valence-corrected chi connectivity index (χ4v) is 7.30. The monoisotopic (exact) mass is 599 g/mol. The second-order valence-corrected chi connectivity index (χ2v) is 13.3. The van der Waals surface area contributed by atoms with Crippen molar-refractivity contribution in [3.63, 3.8) is 0 Å². The number of rotatable bonds is 3. The number of nitrogens with one attached hydrogen (secondary N) is 2. The average molecular weight is 600 g/mol. The lowest BCUT2D eigenvalue weighted by atomic mass is 10.0. The van der Waals surface area contributed by atoms with Gasteiger partial charge in [0.05, 0.1) is 24.8 Å². The van der Waals surface area contributed by atoms with Gasteiger partial charge in [-0.2, -0.15) is 4.31 Å². The molecule has 15 heteroatoms. The summed E-state index contributed by atoms with van der Waals surface area (Å²) in [6.45, 7) is 0.418. The van der Waals surface area contributed by atoms with Crippen molar-refractivity contribution >= 4 is 39.3 Å². The first-order chi connectivity index (χ1) is 18.9. The minimum Gasteiger partial charge on any atom is -0.388 e. The molecule has 4 aliphatic rings. The van der Waals surface area contributed by atoms with E-state index >= 15 is 0 Å². The molecule has 5 rings (SSSR count). The van der Waals surface area contributed by atoms with Crippen LogP contribution in [0, 0.1) is 0 Å². The van der Waals surface area contributed by atoms with E-state index in [1.165, 1.54) is 4.90 Å². The number of amides is 3. The molecule has 4 saturated heterocycles. The summed E-state index contributed by atoms with van der Waals surface area (Å²) in [5, 5.41) is 27.1. The normalized spacial score (nSPS) is 34.5. The van der Waals surface area contributed by atoms with Gasteiger partial charge in [-0.05, 0) is 24.1 Å². The highest BCUT2D eigenvalue weighted by Gasteiger charge is 2.47. The predicted molar refractivity (Wildman–Crippen MR) is 142 cm³/mol. The Morgan fingerprint density at radius 3 is 2.55 bits per heavy atom. The Bertz CT molecular complexity index is 1270. The number of likely N-dealkylation sites (tertiary alicyclic amines) is 1. The Morgan fingerprint density at radius 2 is 1.82 bits per heavy atom. The van der Waals surface area contributed by atoms with Gasteiger partial charge >= 0.3 is 0 Å². The number of carbonyl (C=O) groups excluding carboxylic acids is 3. The number of hydrogen-bond donors (Lipinski definition) is 4. The lowest BCUT2D eigenvalue weighted by molar-refractivity contribution is -0.140. The quantitative estimate of drug-likeness (QED) is 0.303. The van der Waals surface area contributed by atoms with Gasteiger partial charge in [-0.3, -0.25) is 19.3 Å². The van der Waals surface area contributed by atoms with Gasteiger partial charge in [-0.25, -0.2) is 8.42 Å². The number of halogens is 1. The third-order valence-corrected chi connectivity index (χ3v) is 9.55. The number of carbonyl (C=O) groups is 3. The number of nitrogens with zero attached hydrogens (tertiary/aromatic N) is 3. The summed E-state index contributed by atoms with van der Waals surface area (Å²) in [6.07, 6.45) is -3.61. The number of fused-ring (bicyclic) bond motifs is 6. The first-order valence-electron chi connectivity index (χ1n) is 13.2. The number of aliphatic hydroxyl groups excluding tert-OH is 2. The van der Waals surface area contributed by atoms with E-state index in [9.17, 15) is 33.0 Å². The molecule has 4 aliphatic heterocycles. The summed E-state index contributed by atoms with van der Waals surface area (Å²) < 4.78 is 31.8. The molecule has 0 unspecified atom stereocenters. The Hall–Kier alpha value is -2.33. The first-order valence-corrected chi connectivity index (χ1v) is 15.5. The molecule has 4 heterocycles. The summed E-state index contributed by atoms with van der Waals surface area (Å²) in [7, 11) is -3.78. The minimum atomic E-state index is -3.78. The third kappa shape index (κ3) is 6.12. The molecule has 6 bridgehead atoms. The van der Waals surface area contributed by atoms with Crippen molar-refractivity contribution in [2.24, 2.45) is 0 Å². The van der Waals surface area contributed by atoms with Gasteiger partial charge in [0, 0.05) is 50.3 Å². The number of ether oxygens (including phenoxy) is 1. The first kappa shape index (κ1) is 29.2. The van der Waals surface area contributed by atoms with Crippen molar-refractivity contribution < 1.29 is 37.8 Å². The molecule has 4 N–H and O–H groups in total. The van der Waals surface area contributed by atoms with E-state index in [1.807, 2.05) is 17.0 Å². The molecule has 4 fully saturated rings. The number of sulfonamides is 1. The Balaban J connectivity index is 1.45. The Morgan fingerprint density at radius 1 is 1.07 bits per heavy atom. The van der Waals surface area contributed by atoms with E-state index in [-0.39, 0.29) is 44.5 Å². The summed E-state index contributed by atoms with van der Waals surface area (Å²) in [5.41, 5.74) is 0.879. The average Bonchev–Trinajstić information content (AvgIpc) is 3.40. The highest BCUT2D eigenvalue weighted by molar-refractivity contribution is 7.88. The topological polar surface area (TPSA) is 169 Å². The molecular formula is C25H34ClN5O8S. The van der Waals surface area contributed by atoms with Gasteiger partial charge in [0.2, 0.25) is 27.7 Å². The molecule has 1 aromatic rings. The molecule has 40 heavy (non-hydrogen) atoms. The minimum absolute atomic E-state index is 0.0623. The zero-order valence-corrected chi connectivity index (χ0v) is 23.6. The molecule has 0 radical (unpaired) electrons. The summed E-state index contributed by atoms with van der Waals surface area (Å²) in [4.78, 5) is 43.5. The van der Waals surface area contributed by atoms with Crippen LogP contribution in [0.15, 0.2) is 24.3 Å². The van der Waals surface area contributed by atoms with E-state index in [0.717, 1.165) is 16.1 Å². The number of hydrogen-bond acceptors (Lipinski definition) is 9. The second-order valence-electron chi connectivity index (χ2n) is 10.9. The van der Waals surface area contributed by atoms with Crippen LogP contribution in [0.1, 0.15) is 18.4 Å². The van der Waals surface area contributed by atoms with Crippen LogP contribution >= 0.6 is 11.6 Å². The molecule has 0 spiro atoms. The van der Waals surface area contributed by atoms with E-state index in [4.69, 9.17) is 16.3 Å². The van der Waals surface area contributed by atoms with Crippen LogP contribution in [0.5, 0.6) is 0 Å². The van der Waals surface area contributed by atoms with Crippen molar-refractivity contribution in [2.45, 2.75) is 61.9 Å². The van der Waals surface area contributed by atoms with Crippen LogP contribution in [-0.2, 0) is 35.7 Å². The van der Waals surface area contributed by atoms with E-state index in [1.54, 1.807) is 12.1 Å². The number of piperazine rings is 1. The molecule has 1 aromatic carbocycles. The smallest absolute Gasteiger partial charge is 0.240 e. The highest BCUT2D eigenvalue weighted by Crippen LogP contribution is 2.27. The summed E-state index contributed by atoms with van der Waals surface area (Å²) in [6, 6.07) is 5.05. The highest BCUT2D eigenvalue weighted by atomic mass is 35.5. The molecular weight excluding hydrogens is 566 g/mol. The van der Waals surface area contributed by atoms with Crippen LogP contribution in [0.4, 0.5) is 0 Å². The van der Waals surface area contributed by atoms with Crippen molar-refractivity contribution in [3.05, 3.63) is 34.9 Å². The zero-order valence-electron chi connectivity index (χ0n) is 22.0. The Kier molecular flexibility index (Phi) is 8.39. The van der Waals surface area contributed by atoms with Crippen LogP contribution in [0.3, 0.4) is 0 Å². The lowest BCUT2D eigenvalue weighted by Crippen LogP contribution is -2.63. The van der Waals surface area contributed by atoms with E-state index in [2.05, 4.69) is 10.6 Å². The molecule has 0 saturated carbocycles. The SMILES string of the molecule is CS(=O)(=O)N1CCN2C[C@H]1C(=O)NC[C@H]1O[C@@H](CC(=O)N[C@H]3C[C@@H](C2=O)N(Cc2cccc(Cl)c2)C3)[C@H](O)[C@@H]1O. The standard InChI is InChI=1S/C25H34ClN5O8S/c1-40(37,38)31-6-5-29-13-18(31)24(35)27-10-20-23(34)22(33)19(39-20)9-21(32)28-16-8-17(25(29)36)30(12-16)11-14-3-2-4-15(26)7-14/h2-4,7,16-20,22-23,33-34H,5-6,8-13H2,1H3,(H,27,35)(H,28,32)/t16-,17-,18-,19-,20+,22-,23+/m0/s1. The van der Waals surface area contributed by atoms with Gasteiger partial charge in [0.15, 0.2) is 0 Å². The summed E-state index contributed by atoms with van der Waals surface area (Å²) in [5.74, 6) is -1.30. The summed E-state index contributed by atoms with van der Waals surface area (Å²) >= 11 is 6.17. The van der Waals surface area contributed by atoms with E-state index < -0.39 is 58.3 Å². The fraction of sp³-hybridized carbons (Fsp3) is 0.640. The number of aliphatic hydroxyl groups is 2. The maximum absolute atomic E-state index is 13.9. The molecule has 13 nitrogen and oxygen atoms in total. The molecule has 220 valence electrons. The maximum Gasteiger partial charge on any atom is 0.240 e. The van der Waals surface area contributed by atoms with Crippen molar-refractivity contribution in [1.29, 1.82) is 0 Å². The third-order valence-electron chi connectivity index (χ3n) is 8.03. The molecule has 7 atom stereocenters. The maximum atomic E-state index is 13.9. The van der Waals surface area contributed by atoms with Crippen LogP contribution in [0.2, 0.25) is 5.02 Å². The number of benzene rings is 1. The van der Waals surface area contributed by atoms with E-state index in [0.29, 0.717) is 24.5 Å².